The third kappa shape index (κ3) is 7.08. The zero-order valence-electron chi connectivity index (χ0n) is 14.6. The second-order valence-corrected chi connectivity index (χ2v) is 5.85. The quantitative estimate of drug-likeness (QED) is 0.588. The molecule has 2 rings (SSSR count). The van der Waals surface area contributed by atoms with E-state index in [-0.39, 0.29) is 18.9 Å². The number of hydrogen-bond donors (Lipinski definition) is 1. The van der Waals surface area contributed by atoms with E-state index < -0.39 is 5.97 Å². The van der Waals surface area contributed by atoms with Crippen molar-refractivity contribution in [3.63, 3.8) is 0 Å². The highest BCUT2D eigenvalue weighted by Gasteiger charge is 2.08. The van der Waals surface area contributed by atoms with E-state index in [0.717, 1.165) is 16.9 Å². The molecule has 1 N–H and O–H groups in total. The largest absolute Gasteiger partial charge is 0.494 e. The summed E-state index contributed by atoms with van der Waals surface area (Å²) in [6.45, 7) is 4.07. The Morgan fingerprint density at radius 1 is 1.00 bits per heavy atom. The van der Waals surface area contributed by atoms with Gasteiger partial charge in [-0.2, -0.15) is 0 Å². The molecule has 5 nitrogen and oxygen atoms in total. The summed E-state index contributed by atoms with van der Waals surface area (Å²) < 4.78 is 10.5. The first kappa shape index (κ1) is 18.5. The van der Waals surface area contributed by atoms with Crippen molar-refractivity contribution in [1.82, 2.24) is 0 Å². The van der Waals surface area contributed by atoms with Gasteiger partial charge >= 0.3 is 5.97 Å². The Morgan fingerprint density at radius 3 is 2.44 bits per heavy atom. The van der Waals surface area contributed by atoms with Crippen LogP contribution in [0.25, 0.3) is 0 Å². The molecule has 0 atom stereocenters. The fourth-order valence-corrected chi connectivity index (χ4v) is 2.25. The maximum atomic E-state index is 11.8. The van der Waals surface area contributed by atoms with Crippen LogP contribution in [-0.2, 0) is 14.3 Å². The van der Waals surface area contributed by atoms with Crippen LogP contribution in [-0.4, -0.2) is 25.1 Å². The van der Waals surface area contributed by atoms with Gasteiger partial charge < -0.3 is 14.8 Å². The van der Waals surface area contributed by atoms with Gasteiger partial charge in [0.25, 0.3) is 5.91 Å². The Kier molecular flexibility index (Phi) is 7.01. The van der Waals surface area contributed by atoms with Crippen LogP contribution in [0.3, 0.4) is 0 Å². The molecule has 0 aliphatic rings. The number of amides is 1. The van der Waals surface area contributed by atoms with E-state index in [1.807, 2.05) is 56.3 Å². The average molecular weight is 341 g/mol. The number of nitrogens with one attached hydrogen (secondary N) is 1. The molecular formula is C20H23NO4. The number of aryl methyl sites for hydroxylation is 2. The minimum Gasteiger partial charge on any atom is -0.494 e. The van der Waals surface area contributed by atoms with E-state index in [1.165, 1.54) is 0 Å². The summed E-state index contributed by atoms with van der Waals surface area (Å²) in [4.78, 5) is 23.4. The molecule has 0 unspecified atom stereocenters. The molecule has 25 heavy (non-hydrogen) atoms. The normalized spacial score (nSPS) is 10.2. The van der Waals surface area contributed by atoms with Crippen LogP contribution in [0.2, 0.25) is 0 Å². The molecule has 2 aromatic rings. The Bertz CT molecular complexity index is 727. The van der Waals surface area contributed by atoms with Crippen molar-refractivity contribution in [3.8, 4) is 5.75 Å². The highest BCUT2D eigenvalue weighted by atomic mass is 16.5. The predicted molar refractivity (Wildman–Crippen MR) is 96.7 cm³/mol. The lowest BCUT2D eigenvalue weighted by Gasteiger charge is -2.08. The number of ether oxygens (including phenoxy) is 2. The summed E-state index contributed by atoms with van der Waals surface area (Å²) in [5.41, 5.74) is 2.85. The number of rotatable bonds is 8. The van der Waals surface area contributed by atoms with Gasteiger partial charge in [0.2, 0.25) is 0 Å². The number of hydrogen-bond acceptors (Lipinski definition) is 4. The molecule has 0 heterocycles. The molecule has 0 spiro atoms. The lowest BCUT2D eigenvalue weighted by atomic mass is 10.2. The predicted octanol–water partition coefficient (Wildman–Crippen LogP) is 3.64. The van der Waals surface area contributed by atoms with Crippen LogP contribution in [0.1, 0.15) is 24.0 Å². The second kappa shape index (κ2) is 9.47. The van der Waals surface area contributed by atoms with E-state index in [4.69, 9.17) is 9.47 Å². The van der Waals surface area contributed by atoms with E-state index in [0.29, 0.717) is 18.7 Å². The Labute approximate surface area is 148 Å². The van der Waals surface area contributed by atoms with Crippen LogP contribution in [0.15, 0.2) is 48.5 Å². The van der Waals surface area contributed by atoms with Crippen molar-refractivity contribution in [2.75, 3.05) is 18.5 Å². The minimum atomic E-state index is -0.410. The summed E-state index contributed by atoms with van der Waals surface area (Å²) in [6, 6.07) is 15.2. The van der Waals surface area contributed by atoms with Crippen molar-refractivity contribution >= 4 is 17.6 Å². The molecule has 0 fully saturated rings. The second-order valence-electron chi connectivity index (χ2n) is 5.85. The van der Waals surface area contributed by atoms with Crippen molar-refractivity contribution in [2.24, 2.45) is 0 Å². The van der Waals surface area contributed by atoms with Gasteiger partial charge in [-0.15, -0.1) is 0 Å². The fourth-order valence-electron chi connectivity index (χ4n) is 2.25. The number of esters is 1. The summed E-state index contributed by atoms with van der Waals surface area (Å²) in [5.74, 6) is 0.0214. The third-order valence-corrected chi connectivity index (χ3v) is 3.45. The highest BCUT2D eigenvalue weighted by Crippen LogP contribution is 2.13. The average Bonchev–Trinajstić information content (AvgIpc) is 2.57. The number of carbonyl (C=O) groups is 2. The summed E-state index contributed by atoms with van der Waals surface area (Å²) in [7, 11) is 0. The van der Waals surface area contributed by atoms with E-state index >= 15 is 0 Å². The van der Waals surface area contributed by atoms with Gasteiger partial charge in [-0.25, -0.2) is 0 Å². The summed E-state index contributed by atoms with van der Waals surface area (Å²) in [6.07, 6.45) is 0.746. The lowest BCUT2D eigenvalue weighted by Crippen LogP contribution is -2.21. The van der Waals surface area contributed by atoms with Crippen molar-refractivity contribution in [3.05, 3.63) is 59.7 Å². The number of carbonyl (C=O) groups excluding carboxylic acids is 2. The molecule has 0 bridgehead atoms. The van der Waals surface area contributed by atoms with Crippen molar-refractivity contribution in [1.29, 1.82) is 0 Å². The van der Waals surface area contributed by atoms with Gasteiger partial charge in [0.1, 0.15) is 5.75 Å². The smallest absolute Gasteiger partial charge is 0.306 e. The molecule has 5 heteroatoms. The molecule has 2 aromatic carbocycles. The molecular weight excluding hydrogens is 318 g/mol. The minimum absolute atomic E-state index is 0.212. The number of anilines is 1. The Morgan fingerprint density at radius 2 is 1.72 bits per heavy atom. The highest BCUT2D eigenvalue weighted by molar-refractivity contribution is 5.92. The molecule has 0 aliphatic carbocycles. The number of benzene rings is 2. The molecule has 1 amide bonds. The van der Waals surface area contributed by atoms with Crippen LogP contribution in [0.5, 0.6) is 5.75 Å². The first-order valence-electron chi connectivity index (χ1n) is 8.24. The molecule has 132 valence electrons. The monoisotopic (exact) mass is 341 g/mol. The zero-order valence-corrected chi connectivity index (χ0v) is 14.6. The SMILES string of the molecule is Cc1cccc(NC(=O)COC(=O)CCCOc2cccc(C)c2)c1. The maximum Gasteiger partial charge on any atom is 0.306 e. The molecule has 0 radical (unpaired) electrons. The third-order valence-electron chi connectivity index (χ3n) is 3.45. The summed E-state index contributed by atoms with van der Waals surface area (Å²) in [5, 5.41) is 2.69. The molecule has 0 aromatic heterocycles. The van der Waals surface area contributed by atoms with Crippen LogP contribution < -0.4 is 10.1 Å². The van der Waals surface area contributed by atoms with Gasteiger partial charge in [0.15, 0.2) is 6.61 Å². The fraction of sp³-hybridized carbons (Fsp3) is 0.300. The Balaban J connectivity index is 1.61. The van der Waals surface area contributed by atoms with Crippen LogP contribution in [0, 0.1) is 13.8 Å². The van der Waals surface area contributed by atoms with Gasteiger partial charge in [-0.1, -0.05) is 24.3 Å². The first-order valence-corrected chi connectivity index (χ1v) is 8.24. The van der Waals surface area contributed by atoms with E-state index in [1.54, 1.807) is 6.07 Å². The van der Waals surface area contributed by atoms with Gasteiger partial charge in [0.05, 0.1) is 6.61 Å². The maximum absolute atomic E-state index is 11.8. The molecule has 0 saturated heterocycles. The van der Waals surface area contributed by atoms with Crippen LogP contribution >= 0.6 is 0 Å². The first-order chi connectivity index (χ1) is 12.0. The lowest BCUT2D eigenvalue weighted by molar-refractivity contribution is -0.147. The van der Waals surface area contributed by atoms with Crippen LogP contribution in [0.4, 0.5) is 5.69 Å². The van der Waals surface area contributed by atoms with Crippen molar-refractivity contribution in [2.45, 2.75) is 26.7 Å². The molecule has 0 saturated carbocycles. The van der Waals surface area contributed by atoms with E-state index in [2.05, 4.69) is 5.32 Å². The van der Waals surface area contributed by atoms with Gasteiger partial charge in [-0.05, 0) is 55.7 Å². The standard InChI is InChI=1S/C20H23NO4/c1-15-6-3-8-17(12-15)21-19(22)14-25-20(23)10-5-11-24-18-9-4-7-16(2)13-18/h3-4,6-9,12-13H,5,10-11,14H2,1-2H3,(H,21,22). The van der Waals surface area contributed by atoms with Crippen molar-refractivity contribution < 1.29 is 19.1 Å². The Hall–Kier alpha value is -2.82. The topological polar surface area (TPSA) is 64.6 Å². The van der Waals surface area contributed by atoms with Gasteiger partial charge in [0, 0.05) is 12.1 Å². The molecule has 0 aliphatic heterocycles. The zero-order chi connectivity index (χ0) is 18.1. The van der Waals surface area contributed by atoms with Gasteiger partial charge in [-0.3, -0.25) is 9.59 Å². The summed E-state index contributed by atoms with van der Waals surface area (Å²) >= 11 is 0. The van der Waals surface area contributed by atoms with E-state index in [9.17, 15) is 9.59 Å².